The number of hydroxylamine groups is 3. The zero-order chi connectivity index (χ0) is 52.7. The summed E-state index contributed by atoms with van der Waals surface area (Å²) in [6.07, 6.45) is 24.1. The number of carbonyl (C=O) groups is 3. The second kappa shape index (κ2) is 39.3. The lowest BCUT2D eigenvalue weighted by Crippen LogP contribution is -2.44. The highest BCUT2D eigenvalue weighted by molar-refractivity contribution is 7.88. The van der Waals surface area contributed by atoms with Crippen LogP contribution in [0, 0.1) is 5.92 Å². The summed E-state index contributed by atoms with van der Waals surface area (Å²) in [7, 11) is -3.50. The Hall–Kier alpha value is -4.09. The molecule has 4 aliphatic rings. The summed E-state index contributed by atoms with van der Waals surface area (Å²) in [6, 6.07) is 7.13. The first-order chi connectivity index (χ1) is 36.2. The quantitative estimate of drug-likeness (QED) is 0.0431. The summed E-state index contributed by atoms with van der Waals surface area (Å²) in [5, 5.41) is 12.9. The fraction of sp³-hybridized carbons (Fsp3) is 0.774. The number of anilines is 1. The van der Waals surface area contributed by atoms with Gasteiger partial charge in [-0.1, -0.05) is 88.6 Å². The highest BCUT2D eigenvalue weighted by atomic mass is 32.2. The number of ether oxygens (including phenoxy) is 2. The number of aromatic nitrogens is 3. The summed E-state index contributed by atoms with van der Waals surface area (Å²) in [4.78, 5) is 65.3. The number of morpholine rings is 2. The second-order valence-electron chi connectivity index (χ2n) is 19.2. The zero-order valence-electron chi connectivity index (χ0n) is 45.1. The minimum absolute atomic E-state index is 0. The molecule has 0 unspecified atom stereocenters. The van der Waals surface area contributed by atoms with Crippen LogP contribution in [0.25, 0.3) is 0 Å². The van der Waals surface area contributed by atoms with E-state index in [2.05, 4.69) is 46.0 Å². The summed E-state index contributed by atoms with van der Waals surface area (Å²) >= 11 is 0. The number of unbranched alkanes of at least 4 members (excludes halogenated alkanes) is 6. The van der Waals surface area contributed by atoms with Gasteiger partial charge < -0.3 is 25.4 Å². The minimum atomic E-state index is -3.50. The molecule has 2 aliphatic carbocycles. The standard InChI is InChI=1S/C27H47N5O5S.C24H40N6O4.C2H6.4H2/c33-27(30-16-13-26-12-6-8-14-28-26)29-15-7-1-2-9-23-38(34,35)32(18-17-31-19-21-36-22-20-31)37-24-25-10-4-3-5-11-25;31-23(10-6-1-2-7-12-26-24(32)28-22-11-13-25-20-27-22)30(21-8-4-3-5-9-21)34-19-16-29-14-17-33-18-15-29;1-2;;;;/h6,8,12,14,25H,1-5,7,9-11,13,15-24H2,(H2,29,30,33);11,13,20-21H,1-10,12,14-19H2,(H2,25,26,27,28,32);1-2H3;4*1H. The van der Waals surface area contributed by atoms with Crippen LogP contribution in [-0.4, -0.2) is 178 Å². The van der Waals surface area contributed by atoms with Crippen molar-refractivity contribution in [1.29, 1.82) is 0 Å². The van der Waals surface area contributed by atoms with Crippen LogP contribution in [0.15, 0.2) is 43.0 Å². The van der Waals surface area contributed by atoms with Crippen molar-refractivity contribution in [2.45, 2.75) is 148 Å². The predicted molar refractivity (Wildman–Crippen MR) is 297 cm³/mol. The maximum Gasteiger partial charge on any atom is 0.320 e. The molecule has 0 atom stereocenters. The van der Waals surface area contributed by atoms with Crippen molar-refractivity contribution >= 4 is 33.8 Å². The molecule has 20 nitrogen and oxygen atoms in total. The topological polar surface area (TPSA) is 222 Å². The number of carbonyl (C=O) groups excluding carboxylic acids is 3. The number of amides is 5. The van der Waals surface area contributed by atoms with E-state index in [0.29, 0.717) is 90.1 Å². The first-order valence-electron chi connectivity index (χ1n) is 28.2. The van der Waals surface area contributed by atoms with Crippen molar-refractivity contribution in [3.8, 4) is 0 Å². The predicted octanol–water partition coefficient (Wildman–Crippen LogP) is 7.94. The molecule has 6 rings (SSSR count). The van der Waals surface area contributed by atoms with Crippen LogP contribution in [0.5, 0.6) is 0 Å². The van der Waals surface area contributed by atoms with E-state index in [1.165, 1.54) is 49.3 Å². The van der Waals surface area contributed by atoms with E-state index in [9.17, 15) is 22.8 Å². The molecule has 0 aromatic carbocycles. The number of nitrogens with zero attached hydrogens (tertiary/aromatic N) is 7. The zero-order valence-corrected chi connectivity index (χ0v) is 45.9. The minimum Gasteiger partial charge on any atom is -0.379 e. The molecule has 0 radical (unpaired) electrons. The third-order valence-corrected chi connectivity index (χ3v) is 15.2. The third-order valence-electron chi connectivity index (χ3n) is 13.5. The Morgan fingerprint density at radius 1 is 0.703 bits per heavy atom. The van der Waals surface area contributed by atoms with Gasteiger partial charge in [-0.3, -0.25) is 34.6 Å². The van der Waals surface area contributed by atoms with Gasteiger partial charge in [0.2, 0.25) is 15.9 Å². The van der Waals surface area contributed by atoms with Gasteiger partial charge in [-0.25, -0.2) is 33.0 Å². The number of hydrogen-bond donors (Lipinski definition) is 4. The molecule has 2 aliphatic heterocycles. The molecule has 2 aromatic heterocycles. The van der Waals surface area contributed by atoms with E-state index in [1.807, 2.05) is 32.0 Å². The van der Waals surface area contributed by atoms with Crippen molar-refractivity contribution < 1.29 is 47.7 Å². The van der Waals surface area contributed by atoms with Gasteiger partial charge in [-0.2, -0.15) is 0 Å². The number of hydrogen-bond acceptors (Lipinski definition) is 14. The van der Waals surface area contributed by atoms with Crippen molar-refractivity contribution in [3.63, 3.8) is 0 Å². The average molecular weight is 1070 g/mol. The van der Waals surface area contributed by atoms with Crippen LogP contribution in [0.3, 0.4) is 0 Å². The van der Waals surface area contributed by atoms with Crippen molar-refractivity contribution in [1.82, 2.24) is 50.2 Å². The maximum atomic E-state index is 13.1. The van der Waals surface area contributed by atoms with E-state index < -0.39 is 10.0 Å². The fourth-order valence-electron chi connectivity index (χ4n) is 9.24. The number of sulfonamides is 1. The third kappa shape index (κ3) is 27.6. The number of urea groups is 2. The van der Waals surface area contributed by atoms with Crippen LogP contribution in [0.4, 0.5) is 15.4 Å². The lowest BCUT2D eigenvalue weighted by atomic mass is 9.90. The Kier molecular flexibility index (Phi) is 33.2. The molecule has 0 spiro atoms. The fourth-order valence-corrected chi connectivity index (χ4v) is 10.6. The molecule has 2 aromatic rings. The maximum absolute atomic E-state index is 13.1. The molecule has 2 saturated carbocycles. The van der Waals surface area contributed by atoms with E-state index >= 15 is 0 Å². The lowest BCUT2D eigenvalue weighted by Gasteiger charge is -2.34. The van der Waals surface area contributed by atoms with Gasteiger partial charge in [0.05, 0.1) is 58.0 Å². The van der Waals surface area contributed by atoms with E-state index in [0.717, 1.165) is 122 Å². The molecule has 21 heteroatoms. The van der Waals surface area contributed by atoms with E-state index in [-0.39, 0.29) is 35.5 Å². The molecule has 74 heavy (non-hydrogen) atoms. The van der Waals surface area contributed by atoms with Crippen molar-refractivity contribution in [2.24, 2.45) is 5.92 Å². The Labute approximate surface area is 449 Å². The van der Waals surface area contributed by atoms with Crippen LogP contribution >= 0.6 is 0 Å². The Morgan fingerprint density at radius 2 is 1.32 bits per heavy atom. The molecule has 4 N–H and O–H groups in total. The van der Waals surface area contributed by atoms with Crippen LogP contribution < -0.4 is 21.3 Å². The molecule has 0 bridgehead atoms. The average Bonchev–Trinajstić information content (AvgIpc) is 3.44. The van der Waals surface area contributed by atoms with Gasteiger partial charge in [0.25, 0.3) is 0 Å². The van der Waals surface area contributed by atoms with Crippen LogP contribution in [0.1, 0.15) is 147 Å². The SMILES string of the molecule is CC.O=C(NCCCCCCC(=O)N(OCCN1CCOCC1)C1CCCCC1)Nc1ccncn1.O=C(NCCCCCCS(=O)(=O)N(CCN1CCOCC1)OCC1CCCCC1)NCCc1ccccn1.[HH].[HH].[HH].[HH]. The molecule has 428 valence electrons. The molecular weight excluding hydrogens is 967 g/mol. The van der Waals surface area contributed by atoms with Crippen LogP contribution in [0.2, 0.25) is 0 Å². The summed E-state index contributed by atoms with van der Waals surface area (Å²) in [5.74, 6) is 1.11. The lowest BCUT2D eigenvalue weighted by molar-refractivity contribution is -0.205. The normalized spacial score (nSPS) is 17.0. The van der Waals surface area contributed by atoms with Gasteiger partial charge in [0, 0.05) is 95.5 Å². The largest absolute Gasteiger partial charge is 0.379 e. The van der Waals surface area contributed by atoms with Crippen molar-refractivity contribution in [2.75, 3.05) is 116 Å². The first kappa shape index (κ1) is 62.4. The van der Waals surface area contributed by atoms with Gasteiger partial charge >= 0.3 is 12.1 Å². The van der Waals surface area contributed by atoms with Gasteiger partial charge in [0.1, 0.15) is 12.1 Å². The molecular formula is C53H101N11O9S. The summed E-state index contributed by atoms with van der Waals surface area (Å²) in [6.45, 7) is 15.0. The first-order valence-corrected chi connectivity index (χ1v) is 29.8. The van der Waals surface area contributed by atoms with Gasteiger partial charge in [0.15, 0.2) is 0 Å². The molecule has 2 saturated heterocycles. The summed E-state index contributed by atoms with van der Waals surface area (Å²) < 4.78 is 38.4. The summed E-state index contributed by atoms with van der Waals surface area (Å²) in [5.41, 5.74) is 0.946. The van der Waals surface area contributed by atoms with Crippen LogP contribution in [-0.2, 0) is 40.4 Å². The monoisotopic (exact) mass is 1070 g/mol. The molecule has 4 heterocycles. The highest BCUT2D eigenvalue weighted by Crippen LogP contribution is 2.26. The van der Waals surface area contributed by atoms with Gasteiger partial charge in [-0.05, 0) is 75.5 Å². The Balaban J connectivity index is 0.00000141. The number of nitrogens with one attached hydrogen (secondary N) is 4. The highest BCUT2D eigenvalue weighted by Gasteiger charge is 2.28. The Bertz CT molecular complexity index is 1860. The number of pyridine rings is 1. The smallest absolute Gasteiger partial charge is 0.320 e. The number of rotatable bonds is 30. The molecule has 4 fully saturated rings. The van der Waals surface area contributed by atoms with Crippen molar-refractivity contribution in [3.05, 3.63) is 48.7 Å². The Morgan fingerprint density at radius 3 is 1.97 bits per heavy atom. The van der Waals surface area contributed by atoms with Gasteiger partial charge in [-0.15, -0.1) is 0 Å². The second-order valence-corrected chi connectivity index (χ2v) is 21.2. The van der Waals surface area contributed by atoms with E-state index in [4.69, 9.17) is 19.1 Å². The molecule has 5 amide bonds. The van der Waals surface area contributed by atoms with E-state index in [1.54, 1.807) is 23.5 Å².